The van der Waals surface area contributed by atoms with E-state index in [1.165, 1.54) is 12.1 Å². The second-order valence-electron chi connectivity index (χ2n) is 3.80. The van der Waals surface area contributed by atoms with Gasteiger partial charge in [0, 0.05) is 32.5 Å². The maximum Gasteiger partial charge on any atom is 0.173 e. The molecule has 1 rings (SSSR count). The minimum atomic E-state index is -0.256. The third kappa shape index (κ3) is 4.58. The number of halogens is 1. The van der Waals surface area contributed by atoms with Crippen molar-refractivity contribution in [2.24, 2.45) is 0 Å². The molecule has 0 fully saturated rings. The smallest absolute Gasteiger partial charge is 0.173 e. The Morgan fingerprint density at radius 2 is 2.28 bits per heavy atom. The number of rotatable bonds is 6. The Hall–Kier alpha value is -1.20. The molecular formula is C13H19FN2OS. The van der Waals surface area contributed by atoms with Crippen LogP contribution in [0.15, 0.2) is 24.3 Å². The number of ether oxygens (including phenoxy) is 1. The Labute approximate surface area is 113 Å². The SMILES string of the molecule is CCN(C(=S)NCCCOC)c1cccc(F)c1. The average Bonchev–Trinajstić information content (AvgIpc) is 2.36. The molecule has 5 heteroatoms. The van der Waals surface area contributed by atoms with Gasteiger partial charge in [-0.25, -0.2) is 4.39 Å². The first-order chi connectivity index (χ1) is 8.69. The van der Waals surface area contributed by atoms with Gasteiger partial charge in [0.1, 0.15) is 5.82 Å². The van der Waals surface area contributed by atoms with E-state index in [0.29, 0.717) is 18.3 Å². The first-order valence-electron chi connectivity index (χ1n) is 5.99. The number of hydrogen-bond donors (Lipinski definition) is 1. The normalized spacial score (nSPS) is 10.2. The zero-order valence-corrected chi connectivity index (χ0v) is 11.6. The summed E-state index contributed by atoms with van der Waals surface area (Å²) in [6, 6.07) is 6.43. The van der Waals surface area contributed by atoms with E-state index in [-0.39, 0.29) is 5.82 Å². The van der Waals surface area contributed by atoms with Gasteiger partial charge >= 0.3 is 0 Å². The molecule has 0 aliphatic carbocycles. The quantitative estimate of drug-likeness (QED) is 0.634. The Kier molecular flexibility index (Phi) is 6.60. The zero-order chi connectivity index (χ0) is 13.4. The summed E-state index contributed by atoms with van der Waals surface area (Å²) in [4.78, 5) is 1.87. The number of hydrogen-bond acceptors (Lipinski definition) is 2. The van der Waals surface area contributed by atoms with Crippen molar-refractivity contribution in [3.05, 3.63) is 30.1 Å². The van der Waals surface area contributed by atoms with E-state index in [9.17, 15) is 4.39 Å². The third-order valence-electron chi connectivity index (χ3n) is 2.48. The van der Waals surface area contributed by atoms with Crippen LogP contribution in [-0.2, 0) is 4.74 Å². The molecule has 0 aromatic heterocycles. The first-order valence-corrected chi connectivity index (χ1v) is 6.39. The molecule has 1 aromatic carbocycles. The second kappa shape index (κ2) is 8.00. The minimum Gasteiger partial charge on any atom is -0.385 e. The van der Waals surface area contributed by atoms with Crippen molar-refractivity contribution >= 4 is 23.0 Å². The monoisotopic (exact) mass is 270 g/mol. The molecule has 0 heterocycles. The van der Waals surface area contributed by atoms with Gasteiger partial charge in [-0.05, 0) is 43.8 Å². The summed E-state index contributed by atoms with van der Waals surface area (Å²) in [6.07, 6.45) is 0.886. The molecule has 100 valence electrons. The molecule has 0 aliphatic rings. The van der Waals surface area contributed by atoms with Gasteiger partial charge in [-0.2, -0.15) is 0 Å². The summed E-state index contributed by atoms with van der Waals surface area (Å²) < 4.78 is 18.1. The highest BCUT2D eigenvalue weighted by Crippen LogP contribution is 2.15. The summed E-state index contributed by atoms with van der Waals surface area (Å²) in [6.45, 7) is 4.12. The highest BCUT2D eigenvalue weighted by molar-refractivity contribution is 7.80. The van der Waals surface area contributed by atoms with E-state index in [0.717, 1.165) is 18.7 Å². The molecule has 1 N–H and O–H groups in total. The van der Waals surface area contributed by atoms with Crippen molar-refractivity contribution in [2.75, 3.05) is 31.7 Å². The van der Waals surface area contributed by atoms with Crippen molar-refractivity contribution < 1.29 is 9.13 Å². The van der Waals surface area contributed by atoms with E-state index in [4.69, 9.17) is 17.0 Å². The summed E-state index contributed by atoms with van der Waals surface area (Å²) in [7, 11) is 1.67. The molecule has 18 heavy (non-hydrogen) atoms. The molecule has 0 saturated carbocycles. The first kappa shape index (κ1) is 14.9. The van der Waals surface area contributed by atoms with E-state index < -0.39 is 0 Å². The number of thiocarbonyl (C=S) groups is 1. The predicted molar refractivity (Wildman–Crippen MR) is 76.5 cm³/mol. The fraction of sp³-hybridized carbons (Fsp3) is 0.462. The van der Waals surface area contributed by atoms with Crippen molar-refractivity contribution in [3.8, 4) is 0 Å². The van der Waals surface area contributed by atoms with Crippen LogP contribution in [0, 0.1) is 5.82 Å². The average molecular weight is 270 g/mol. The second-order valence-corrected chi connectivity index (χ2v) is 4.19. The van der Waals surface area contributed by atoms with Crippen molar-refractivity contribution in [1.82, 2.24) is 5.32 Å². The minimum absolute atomic E-state index is 0.256. The lowest BCUT2D eigenvalue weighted by Crippen LogP contribution is -2.40. The van der Waals surface area contributed by atoms with Crippen molar-refractivity contribution in [1.29, 1.82) is 0 Å². The van der Waals surface area contributed by atoms with Gasteiger partial charge < -0.3 is 15.0 Å². The Morgan fingerprint density at radius 3 is 2.89 bits per heavy atom. The molecule has 3 nitrogen and oxygen atoms in total. The van der Waals surface area contributed by atoms with Crippen LogP contribution in [0.3, 0.4) is 0 Å². The van der Waals surface area contributed by atoms with Gasteiger partial charge in [0.05, 0.1) is 0 Å². The van der Waals surface area contributed by atoms with Crippen LogP contribution >= 0.6 is 12.2 Å². The van der Waals surface area contributed by atoms with Crippen LogP contribution in [0.25, 0.3) is 0 Å². The molecule has 0 atom stereocenters. The standard InChI is InChI=1S/C13H19FN2OS/c1-3-16(12-7-4-6-11(14)10-12)13(18)15-8-5-9-17-2/h4,6-7,10H,3,5,8-9H2,1-2H3,(H,15,18). The van der Waals surface area contributed by atoms with E-state index in [1.54, 1.807) is 13.2 Å². The van der Waals surface area contributed by atoms with E-state index in [2.05, 4.69) is 5.32 Å². The van der Waals surface area contributed by atoms with E-state index in [1.807, 2.05) is 17.9 Å². The Balaban J connectivity index is 2.57. The van der Waals surface area contributed by atoms with Crippen LogP contribution in [-0.4, -0.2) is 31.9 Å². The maximum absolute atomic E-state index is 13.2. The molecule has 0 spiro atoms. The molecular weight excluding hydrogens is 251 g/mol. The highest BCUT2D eigenvalue weighted by atomic mass is 32.1. The number of anilines is 1. The highest BCUT2D eigenvalue weighted by Gasteiger charge is 2.09. The van der Waals surface area contributed by atoms with Crippen LogP contribution in [0.1, 0.15) is 13.3 Å². The van der Waals surface area contributed by atoms with Crippen LogP contribution in [0.5, 0.6) is 0 Å². The number of methoxy groups -OCH3 is 1. The number of nitrogens with zero attached hydrogens (tertiary/aromatic N) is 1. The Bertz CT molecular complexity index is 387. The molecule has 0 unspecified atom stereocenters. The predicted octanol–water partition coefficient (Wildman–Crippen LogP) is 2.56. The summed E-state index contributed by atoms with van der Waals surface area (Å²) in [5.41, 5.74) is 0.766. The van der Waals surface area contributed by atoms with Crippen molar-refractivity contribution in [2.45, 2.75) is 13.3 Å². The van der Waals surface area contributed by atoms with Gasteiger partial charge in [0.25, 0.3) is 0 Å². The molecule has 0 amide bonds. The van der Waals surface area contributed by atoms with Crippen LogP contribution < -0.4 is 10.2 Å². The fourth-order valence-corrected chi connectivity index (χ4v) is 1.93. The lowest BCUT2D eigenvalue weighted by Gasteiger charge is -2.24. The van der Waals surface area contributed by atoms with Gasteiger partial charge in [0.15, 0.2) is 5.11 Å². The molecule has 0 radical (unpaired) electrons. The molecule has 0 saturated heterocycles. The maximum atomic E-state index is 13.2. The van der Waals surface area contributed by atoms with Gasteiger partial charge in [-0.3, -0.25) is 0 Å². The molecule has 0 aliphatic heterocycles. The lowest BCUT2D eigenvalue weighted by atomic mass is 10.3. The van der Waals surface area contributed by atoms with E-state index >= 15 is 0 Å². The van der Waals surface area contributed by atoms with Crippen molar-refractivity contribution in [3.63, 3.8) is 0 Å². The topological polar surface area (TPSA) is 24.5 Å². The lowest BCUT2D eigenvalue weighted by molar-refractivity contribution is 0.195. The van der Waals surface area contributed by atoms with Crippen LogP contribution in [0.2, 0.25) is 0 Å². The largest absolute Gasteiger partial charge is 0.385 e. The van der Waals surface area contributed by atoms with Gasteiger partial charge in [0.2, 0.25) is 0 Å². The molecule has 0 bridgehead atoms. The third-order valence-corrected chi connectivity index (χ3v) is 2.85. The number of benzene rings is 1. The van der Waals surface area contributed by atoms with Gasteiger partial charge in [-0.15, -0.1) is 0 Å². The van der Waals surface area contributed by atoms with Gasteiger partial charge in [-0.1, -0.05) is 6.07 Å². The fourth-order valence-electron chi connectivity index (χ4n) is 1.59. The van der Waals surface area contributed by atoms with Crippen LogP contribution in [0.4, 0.5) is 10.1 Å². The summed E-state index contributed by atoms with van der Waals surface area (Å²) in [5, 5.41) is 3.75. The Morgan fingerprint density at radius 1 is 1.50 bits per heavy atom. The number of nitrogens with one attached hydrogen (secondary N) is 1. The summed E-state index contributed by atoms with van der Waals surface area (Å²) in [5.74, 6) is -0.256. The molecule has 1 aromatic rings. The summed E-state index contributed by atoms with van der Waals surface area (Å²) >= 11 is 5.30. The zero-order valence-electron chi connectivity index (χ0n) is 10.8.